The molecule has 0 heterocycles. The zero-order chi connectivity index (χ0) is 14.9. The van der Waals surface area contributed by atoms with Crippen LogP contribution in [0.4, 0.5) is 5.69 Å². The summed E-state index contributed by atoms with van der Waals surface area (Å²) >= 11 is 3.19. The first-order chi connectivity index (χ1) is 9.40. The van der Waals surface area contributed by atoms with E-state index in [4.69, 9.17) is 4.74 Å². The van der Waals surface area contributed by atoms with Crippen LogP contribution in [-0.2, 0) is 0 Å². The van der Waals surface area contributed by atoms with Crippen molar-refractivity contribution >= 4 is 21.6 Å². The maximum absolute atomic E-state index is 11.2. The van der Waals surface area contributed by atoms with Gasteiger partial charge in [-0.15, -0.1) is 0 Å². The molecule has 0 spiro atoms. The van der Waals surface area contributed by atoms with Crippen molar-refractivity contribution in [2.75, 3.05) is 0 Å². The average Bonchev–Trinajstić information content (AvgIpc) is 2.76. The number of hydrogen-bond donors (Lipinski definition) is 2. The lowest BCUT2D eigenvalue weighted by molar-refractivity contribution is -0.386. The molecule has 0 amide bonds. The van der Waals surface area contributed by atoms with Gasteiger partial charge in [0.1, 0.15) is 6.10 Å². The summed E-state index contributed by atoms with van der Waals surface area (Å²) in [6, 6.07) is 2.93. The second-order valence-corrected chi connectivity index (χ2v) is 5.85. The van der Waals surface area contributed by atoms with Gasteiger partial charge in [0.05, 0.1) is 17.1 Å². The molecule has 1 saturated carbocycles. The van der Waals surface area contributed by atoms with Crippen LogP contribution in [0.3, 0.4) is 0 Å². The summed E-state index contributed by atoms with van der Waals surface area (Å²) in [7, 11) is 0. The molecule has 2 rings (SSSR count). The van der Waals surface area contributed by atoms with Crippen molar-refractivity contribution in [3.05, 3.63) is 32.3 Å². The minimum Gasteiger partial charge on any atom is -0.480 e. The van der Waals surface area contributed by atoms with Gasteiger partial charge < -0.3 is 14.9 Å². The van der Waals surface area contributed by atoms with E-state index in [1.807, 2.05) is 0 Å². The molecule has 3 atom stereocenters. The Morgan fingerprint density at radius 2 is 2.20 bits per heavy atom. The largest absolute Gasteiger partial charge is 0.480 e. The average molecular weight is 346 g/mol. The Balaban J connectivity index is 2.44. The maximum atomic E-state index is 11.2. The van der Waals surface area contributed by atoms with Crippen LogP contribution in [0.2, 0.25) is 0 Å². The van der Waals surface area contributed by atoms with Gasteiger partial charge in [-0.25, -0.2) is 0 Å². The highest BCUT2D eigenvalue weighted by atomic mass is 79.9. The van der Waals surface area contributed by atoms with Crippen molar-refractivity contribution in [2.24, 2.45) is 0 Å². The lowest BCUT2D eigenvalue weighted by Gasteiger charge is -2.20. The number of benzene rings is 1. The monoisotopic (exact) mass is 345 g/mol. The molecule has 7 heteroatoms. The van der Waals surface area contributed by atoms with E-state index in [2.05, 4.69) is 15.9 Å². The van der Waals surface area contributed by atoms with Gasteiger partial charge in [0.15, 0.2) is 0 Å². The van der Waals surface area contributed by atoms with Crippen molar-refractivity contribution in [1.29, 1.82) is 0 Å². The molecule has 110 valence electrons. The Labute approximate surface area is 124 Å². The van der Waals surface area contributed by atoms with Gasteiger partial charge in [0.25, 0.3) is 0 Å². The quantitative estimate of drug-likeness (QED) is 0.646. The molecule has 0 aliphatic heterocycles. The van der Waals surface area contributed by atoms with Crippen molar-refractivity contribution in [1.82, 2.24) is 0 Å². The molecule has 0 radical (unpaired) electrons. The molecule has 20 heavy (non-hydrogen) atoms. The zero-order valence-corrected chi connectivity index (χ0v) is 12.5. The molecule has 1 aromatic rings. The summed E-state index contributed by atoms with van der Waals surface area (Å²) in [5.74, 6) is 0.0409. The molecular weight excluding hydrogens is 330 g/mol. The topological polar surface area (TPSA) is 92.8 Å². The number of ether oxygens (including phenoxy) is 1. The Morgan fingerprint density at radius 3 is 2.70 bits per heavy atom. The molecule has 1 aliphatic carbocycles. The van der Waals surface area contributed by atoms with Gasteiger partial charge in [0, 0.05) is 16.1 Å². The van der Waals surface area contributed by atoms with Crippen LogP contribution in [0.25, 0.3) is 0 Å². The number of nitro benzene ring substituents is 1. The summed E-state index contributed by atoms with van der Waals surface area (Å²) in [5.41, 5.74) is 0.125. The summed E-state index contributed by atoms with van der Waals surface area (Å²) < 4.78 is 6.15. The van der Waals surface area contributed by atoms with Crippen LogP contribution in [-0.4, -0.2) is 27.3 Å². The molecule has 2 N–H and O–H groups in total. The Kier molecular flexibility index (Phi) is 4.62. The van der Waals surface area contributed by atoms with Crippen LogP contribution in [0.5, 0.6) is 5.75 Å². The normalized spacial score (nSPS) is 23.6. The molecule has 1 aliphatic rings. The predicted octanol–water partition coefficient (Wildman–Crippen LogP) is 2.70. The van der Waals surface area contributed by atoms with Gasteiger partial charge in [0.2, 0.25) is 5.75 Å². The van der Waals surface area contributed by atoms with Gasteiger partial charge in [-0.1, -0.05) is 15.9 Å². The van der Waals surface area contributed by atoms with Crippen LogP contribution in [0.1, 0.15) is 37.9 Å². The van der Waals surface area contributed by atoms with Gasteiger partial charge >= 0.3 is 5.69 Å². The second kappa shape index (κ2) is 6.07. The predicted molar refractivity (Wildman–Crippen MR) is 75.7 cm³/mol. The maximum Gasteiger partial charge on any atom is 0.312 e. The van der Waals surface area contributed by atoms with Crippen molar-refractivity contribution < 1.29 is 19.9 Å². The Morgan fingerprint density at radius 1 is 1.50 bits per heavy atom. The summed E-state index contributed by atoms with van der Waals surface area (Å²) in [5, 5.41) is 30.8. The smallest absolute Gasteiger partial charge is 0.312 e. The summed E-state index contributed by atoms with van der Waals surface area (Å²) in [6.07, 6.45) is 0.0968. The summed E-state index contributed by atoms with van der Waals surface area (Å²) in [6.45, 7) is 1.52. The van der Waals surface area contributed by atoms with Crippen LogP contribution in [0, 0.1) is 10.1 Å². The number of nitrogens with zero attached hydrogens (tertiary/aromatic N) is 1. The molecule has 6 nitrogen and oxygen atoms in total. The van der Waals surface area contributed by atoms with Crippen LogP contribution in [0.15, 0.2) is 16.6 Å². The standard InChI is InChI=1S/C13H16BrNO5/c1-7(16)9-5-8(14)6-10(15(18)19)13(9)20-12-4-2-3-11(12)17/h5-7,11-12,16-17H,2-4H2,1H3. The molecule has 1 fully saturated rings. The molecule has 0 saturated heterocycles. The third-order valence-corrected chi connectivity index (χ3v) is 3.85. The first-order valence-corrected chi connectivity index (χ1v) is 7.20. The number of hydrogen-bond acceptors (Lipinski definition) is 5. The highest BCUT2D eigenvalue weighted by Gasteiger charge is 2.31. The van der Waals surface area contributed by atoms with Gasteiger partial charge in [-0.3, -0.25) is 10.1 Å². The fourth-order valence-electron chi connectivity index (χ4n) is 2.37. The fraction of sp³-hybridized carbons (Fsp3) is 0.538. The minimum atomic E-state index is -0.903. The highest BCUT2D eigenvalue weighted by Crippen LogP contribution is 2.40. The molecular formula is C13H16BrNO5. The number of rotatable bonds is 4. The van der Waals surface area contributed by atoms with Crippen molar-refractivity contribution in [3.8, 4) is 5.75 Å². The number of nitro groups is 1. The van der Waals surface area contributed by atoms with Crippen molar-refractivity contribution in [3.63, 3.8) is 0 Å². The number of aliphatic hydroxyl groups is 2. The third-order valence-electron chi connectivity index (χ3n) is 3.40. The Bertz CT molecular complexity index is 520. The van der Waals surface area contributed by atoms with Gasteiger partial charge in [-0.2, -0.15) is 0 Å². The van der Waals surface area contributed by atoms with Crippen molar-refractivity contribution in [2.45, 2.75) is 44.5 Å². The van der Waals surface area contributed by atoms with E-state index >= 15 is 0 Å². The molecule has 0 bridgehead atoms. The lowest BCUT2D eigenvalue weighted by Crippen LogP contribution is -2.26. The number of halogens is 1. The third kappa shape index (κ3) is 3.11. The van der Waals surface area contributed by atoms with Crippen LogP contribution < -0.4 is 4.74 Å². The van der Waals surface area contributed by atoms with E-state index in [1.54, 1.807) is 6.07 Å². The Hall–Kier alpha value is -1.18. The van der Waals surface area contributed by atoms with Gasteiger partial charge in [-0.05, 0) is 32.3 Å². The van der Waals surface area contributed by atoms with E-state index in [1.165, 1.54) is 13.0 Å². The summed E-state index contributed by atoms with van der Waals surface area (Å²) in [4.78, 5) is 10.6. The minimum absolute atomic E-state index is 0.0409. The highest BCUT2D eigenvalue weighted by molar-refractivity contribution is 9.10. The zero-order valence-electron chi connectivity index (χ0n) is 11.0. The molecule has 0 aromatic heterocycles. The van der Waals surface area contributed by atoms with Crippen LogP contribution >= 0.6 is 15.9 Å². The van der Waals surface area contributed by atoms with E-state index in [0.717, 1.165) is 6.42 Å². The first-order valence-electron chi connectivity index (χ1n) is 6.40. The van der Waals surface area contributed by atoms with E-state index in [-0.39, 0.29) is 11.4 Å². The SMILES string of the molecule is CC(O)c1cc(Br)cc([N+](=O)[O-])c1OC1CCCC1O. The second-order valence-electron chi connectivity index (χ2n) is 4.93. The molecule has 3 unspecified atom stereocenters. The first kappa shape index (κ1) is 15.2. The van der Waals surface area contributed by atoms with E-state index in [0.29, 0.717) is 22.9 Å². The number of aliphatic hydroxyl groups excluding tert-OH is 2. The lowest BCUT2D eigenvalue weighted by atomic mass is 10.1. The van der Waals surface area contributed by atoms with E-state index in [9.17, 15) is 20.3 Å². The molecule has 1 aromatic carbocycles. The fourth-order valence-corrected chi connectivity index (χ4v) is 2.83. The van der Waals surface area contributed by atoms with E-state index < -0.39 is 23.2 Å².